The molecule has 0 aliphatic heterocycles. The Hall–Kier alpha value is -1.56. The molecule has 0 radical (unpaired) electrons. The van der Waals surface area contributed by atoms with Crippen LogP contribution in [-0.4, -0.2) is 0 Å². The van der Waals surface area contributed by atoms with E-state index in [9.17, 15) is 0 Å². The van der Waals surface area contributed by atoms with Crippen LogP contribution in [0.1, 0.15) is 39.8 Å². The molecular weight excluding hydrogens is 216 g/mol. The van der Waals surface area contributed by atoms with Crippen molar-refractivity contribution >= 4 is 5.57 Å². The van der Waals surface area contributed by atoms with Crippen molar-refractivity contribution in [1.82, 2.24) is 0 Å². The lowest BCUT2D eigenvalue weighted by Gasteiger charge is -2.12. The molecule has 98 valence electrons. The van der Waals surface area contributed by atoms with Crippen molar-refractivity contribution in [2.75, 3.05) is 0 Å². The minimum absolute atomic E-state index is 0. The Morgan fingerprint density at radius 2 is 1.61 bits per heavy atom. The van der Waals surface area contributed by atoms with Gasteiger partial charge >= 0.3 is 0 Å². The number of hydrogen-bond donors (Lipinski definition) is 0. The van der Waals surface area contributed by atoms with Crippen LogP contribution in [0.4, 0.5) is 0 Å². The van der Waals surface area contributed by atoms with Crippen LogP contribution >= 0.6 is 0 Å². The van der Waals surface area contributed by atoms with E-state index in [-0.39, 0.29) is 20.3 Å². The van der Waals surface area contributed by atoms with Gasteiger partial charge in [0.25, 0.3) is 0 Å². The van der Waals surface area contributed by atoms with Gasteiger partial charge < -0.3 is 0 Å². The SMILES string of the molecule is C.C.Cc1ccccc1C1=CC=CC(C)(C)C=C1. The van der Waals surface area contributed by atoms with Crippen LogP contribution in [0.25, 0.3) is 5.57 Å². The molecule has 0 saturated carbocycles. The minimum Gasteiger partial charge on any atom is -0.0776 e. The average molecular weight is 242 g/mol. The maximum Gasteiger partial charge on any atom is 0.00109 e. The van der Waals surface area contributed by atoms with E-state index in [1.165, 1.54) is 16.7 Å². The lowest BCUT2D eigenvalue weighted by atomic mass is 9.92. The Balaban J connectivity index is 0.00000144. The lowest BCUT2D eigenvalue weighted by Crippen LogP contribution is -2.00. The quantitative estimate of drug-likeness (QED) is 0.583. The molecule has 0 spiro atoms. The van der Waals surface area contributed by atoms with Gasteiger partial charge in [-0.25, -0.2) is 0 Å². The summed E-state index contributed by atoms with van der Waals surface area (Å²) in [5.74, 6) is 0. The molecular formula is C18H26. The van der Waals surface area contributed by atoms with E-state index in [1.54, 1.807) is 0 Å². The first-order chi connectivity index (χ1) is 7.58. The second kappa shape index (κ2) is 6.39. The molecule has 0 aromatic heterocycles. The molecule has 0 fully saturated rings. The Kier molecular flexibility index (Phi) is 5.84. The number of hydrogen-bond acceptors (Lipinski definition) is 0. The highest BCUT2D eigenvalue weighted by molar-refractivity contribution is 5.77. The molecule has 18 heavy (non-hydrogen) atoms. The van der Waals surface area contributed by atoms with Gasteiger partial charge in [-0.2, -0.15) is 0 Å². The van der Waals surface area contributed by atoms with Crippen molar-refractivity contribution in [3.63, 3.8) is 0 Å². The summed E-state index contributed by atoms with van der Waals surface area (Å²) in [6.07, 6.45) is 11.1. The third kappa shape index (κ3) is 3.73. The molecule has 0 unspecified atom stereocenters. The highest BCUT2D eigenvalue weighted by atomic mass is 14.2. The first-order valence-corrected chi connectivity index (χ1v) is 5.73. The van der Waals surface area contributed by atoms with Gasteiger partial charge in [-0.1, -0.05) is 83.3 Å². The molecule has 0 N–H and O–H groups in total. The maximum atomic E-state index is 2.26. The third-order valence-electron chi connectivity index (χ3n) is 2.95. The summed E-state index contributed by atoms with van der Waals surface area (Å²) in [6.45, 7) is 6.59. The van der Waals surface area contributed by atoms with Gasteiger partial charge in [-0.3, -0.25) is 0 Å². The smallest absolute Gasteiger partial charge is 0.00109 e. The van der Waals surface area contributed by atoms with E-state index in [2.05, 4.69) is 75.4 Å². The monoisotopic (exact) mass is 242 g/mol. The topological polar surface area (TPSA) is 0 Å². The first kappa shape index (κ1) is 16.4. The Bertz CT molecular complexity index is 471. The van der Waals surface area contributed by atoms with Crippen molar-refractivity contribution in [3.8, 4) is 0 Å². The minimum atomic E-state index is 0. The van der Waals surface area contributed by atoms with Gasteiger partial charge in [0.2, 0.25) is 0 Å². The molecule has 0 heterocycles. The van der Waals surface area contributed by atoms with Crippen molar-refractivity contribution < 1.29 is 0 Å². The predicted molar refractivity (Wildman–Crippen MR) is 84.7 cm³/mol. The van der Waals surface area contributed by atoms with E-state index in [0.29, 0.717) is 0 Å². The summed E-state index contributed by atoms with van der Waals surface area (Å²) in [6, 6.07) is 8.51. The zero-order chi connectivity index (χ0) is 11.6. The molecule has 0 bridgehead atoms. The van der Waals surface area contributed by atoms with Crippen molar-refractivity contribution in [1.29, 1.82) is 0 Å². The zero-order valence-electron chi connectivity index (χ0n) is 10.2. The van der Waals surface area contributed by atoms with E-state index < -0.39 is 0 Å². The van der Waals surface area contributed by atoms with Crippen LogP contribution in [0.5, 0.6) is 0 Å². The molecule has 0 saturated heterocycles. The summed E-state index contributed by atoms with van der Waals surface area (Å²) in [5.41, 5.74) is 4.09. The summed E-state index contributed by atoms with van der Waals surface area (Å²) in [5, 5.41) is 0. The summed E-state index contributed by atoms with van der Waals surface area (Å²) in [4.78, 5) is 0. The second-order valence-electron chi connectivity index (χ2n) is 4.95. The van der Waals surface area contributed by atoms with E-state index >= 15 is 0 Å². The number of benzene rings is 1. The predicted octanol–water partition coefficient (Wildman–Crippen LogP) is 5.80. The van der Waals surface area contributed by atoms with Crippen LogP contribution < -0.4 is 0 Å². The zero-order valence-corrected chi connectivity index (χ0v) is 10.2. The molecule has 1 aliphatic carbocycles. The normalized spacial score (nSPS) is 16.1. The largest absolute Gasteiger partial charge is 0.0776 e. The average Bonchev–Trinajstić information content (AvgIpc) is 2.40. The summed E-state index contributed by atoms with van der Waals surface area (Å²) >= 11 is 0. The van der Waals surface area contributed by atoms with Crippen LogP contribution in [-0.2, 0) is 0 Å². The molecule has 1 aromatic carbocycles. The number of allylic oxidation sites excluding steroid dienone is 6. The molecule has 2 rings (SSSR count). The summed E-state index contributed by atoms with van der Waals surface area (Å²) < 4.78 is 0. The molecule has 0 amide bonds. The van der Waals surface area contributed by atoms with Crippen LogP contribution in [0.15, 0.2) is 54.6 Å². The van der Waals surface area contributed by atoms with Gasteiger partial charge in [-0.15, -0.1) is 0 Å². The van der Waals surface area contributed by atoms with Gasteiger partial charge in [0.1, 0.15) is 0 Å². The molecule has 1 aromatic rings. The Labute approximate surface area is 113 Å². The second-order valence-corrected chi connectivity index (χ2v) is 4.95. The van der Waals surface area contributed by atoms with Crippen LogP contribution in [0, 0.1) is 12.3 Å². The van der Waals surface area contributed by atoms with E-state index in [1.807, 2.05) is 0 Å². The number of rotatable bonds is 1. The highest BCUT2D eigenvalue weighted by Gasteiger charge is 2.11. The number of aryl methyl sites for hydroxylation is 1. The lowest BCUT2D eigenvalue weighted by molar-refractivity contribution is 0.627. The van der Waals surface area contributed by atoms with Gasteiger partial charge in [0.05, 0.1) is 0 Å². The van der Waals surface area contributed by atoms with Crippen molar-refractivity contribution in [2.45, 2.75) is 35.6 Å². The molecule has 0 heteroatoms. The molecule has 1 aliphatic rings. The fraction of sp³-hybridized carbons (Fsp3) is 0.333. The van der Waals surface area contributed by atoms with E-state index in [0.717, 1.165) is 0 Å². The summed E-state index contributed by atoms with van der Waals surface area (Å²) in [7, 11) is 0. The first-order valence-electron chi connectivity index (χ1n) is 5.73. The highest BCUT2D eigenvalue weighted by Crippen LogP contribution is 2.27. The Morgan fingerprint density at radius 1 is 0.944 bits per heavy atom. The van der Waals surface area contributed by atoms with Crippen molar-refractivity contribution in [2.24, 2.45) is 5.41 Å². The van der Waals surface area contributed by atoms with Crippen molar-refractivity contribution in [3.05, 3.63) is 65.8 Å². The Morgan fingerprint density at radius 3 is 2.28 bits per heavy atom. The standard InChI is InChI=1S/C16H18.2CH4/c1-13-7-4-5-9-15(13)14-8-6-11-16(2,3)12-10-14;;/h4-12H,1-3H3;2*1H4. The fourth-order valence-electron chi connectivity index (χ4n) is 1.89. The van der Waals surface area contributed by atoms with Crippen LogP contribution in [0.2, 0.25) is 0 Å². The maximum absolute atomic E-state index is 2.26. The molecule has 0 atom stereocenters. The van der Waals surface area contributed by atoms with Gasteiger partial charge in [0.15, 0.2) is 0 Å². The van der Waals surface area contributed by atoms with Gasteiger partial charge in [-0.05, 0) is 23.6 Å². The fourth-order valence-corrected chi connectivity index (χ4v) is 1.89. The van der Waals surface area contributed by atoms with Gasteiger partial charge in [0, 0.05) is 5.41 Å². The third-order valence-corrected chi connectivity index (χ3v) is 2.95. The molecule has 0 nitrogen and oxygen atoms in total. The van der Waals surface area contributed by atoms with E-state index in [4.69, 9.17) is 0 Å². The van der Waals surface area contributed by atoms with Crippen LogP contribution in [0.3, 0.4) is 0 Å².